The monoisotopic (exact) mass is 340 g/mol. The predicted molar refractivity (Wildman–Crippen MR) is 82.1 cm³/mol. The van der Waals surface area contributed by atoms with Crippen molar-refractivity contribution in [2.24, 2.45) is 0 Å². The zero-order valence-electron chi connectivity index (χ0n) is 12.5. The first-order valence-electron chi connectivity index (χ1n) is 7.14. The zero-order chi connectivity index (χ0) is 17.3. The van der Waals surface area contributed by atoms with Crippen LogP contribution < -0.4 is 16.4 Å². The number of nitrogens with two attached hydrogens (primary N) is 2. The van der Waals surface area contributed by atoms with E-state index in [-0.39, 0.29) is 22.8 Å². The molecule has 2 aromatic rings. The molecule has 0 aromatic carbocycles. The molecule has 0 aliphatic carbocycles. The minimum Gasteiger partial charge on any atom is -0.384 e. The summed E-state index contributed by atoms with van der Waals surface area (Å²) in [5.74, 6) is 0.0792. The van der Waals surface area contributed by atoms with Crippen molar-refractivity contribution in [2.45, 2.75) is 6.18 Å². The Morgan fingerprint density at radius 1 is 1.04 bits per heavy atom. The maximum Gasteiger partial charge on any atom is 0.417 e. The Morgan fingerprint density at radius 3 is 2.33 bits per heavy atom. The summed E-state index contributed by atoms with van der Waals surface area (Å²) < 4.78 is 44.9. The molecule has 0 amide bonds. The molecule has 1 saturated heterocycles. The van der Waals surface area contributed by atoms with Gasteiger partial charge in [-0.3, -0.25) is 0 Å². The molecule has 0 radical (unpaired) electrons. The number of hydrogen-bond donors (Lipinski definition) is 2. The second-order valence-electron chi connectivity index (χ2n) is 5.22. The molecule has 24 heavy (non-hydrogen) atoms. The van der Waals surface area contributed by atoms with Crippen LogP contribution in [0.15, 0.2) is 18.5 Å². The van der Waals surface area contributed by atoms with E-state index in [2.05, 4.69) is 15.0 Å². The fourth-order valence-electron chi connectivity index (χ4n) is 2.43. The number of rotatable bonds is 2. The van der Waals surface area contributed by atoms with E-state index in [1.807, 2.05) is 4.90 Å². The lowest BCUT2D eigenvalue weighted by Crippen LogP contribution is -2.37. The van der Waals surface area contributed by atoms with E-state index >= 15 is 0 Å². The minimum absolute atomic E-state index is 0.0523. The summed E-state index contributed by atoms with van der Waals surface area (Å²) >= 11 is 0. The lowest BCUT2D eigenvalue weighted by atomic mass is 10.0. The maximum absolute atomic E-state index is 13.2. The quantitative estimate of drug-likeness (QED) is 0.855. The predicted octanol–water partition coefficient (Wildman–Crippen LogP) is 1.56. The van der Waals surface area contributed by atoms with Gasteiger partial charge < -0.3 is 21.1 Å². The van der Waals surface area contributed by atoms with Crippen LogP contribution in [0.4, 0.5) is 30.8 Å². The van der Waals surface area contributed by atoms with Crippen molar-refractivity contribution in [3.8, 4) is 11.1 Å². The fraction of sp³-hybridized carbons (Fsp3) is 0.357. The first-order valence-corrected chi connectivity index (χ1v) is 7.14. The van der Waals surface area contributed by atoms with Crippen LogP contribution >= 0.6 is 0 Å². The van der Waals surface area contributed by atoms with Crippen molar-refractivity contribution in [3.63, 3.8) is 0 Å². The maximum atomic E-state index is 13.2. The molecule has 10 heteroatoms. The molecule has 128 valence electrons. The highest BCUT2D eigenvalue weighted by Crippen LogP contribution is 2.38. The van der Waals surface area contributed by atoms with Crippen molar-refractivity contribution >= 4 is 17.6 Å². The molecule has 0 atom stereocenters. The molecule has 4 N–H and O–H groups in total. The van der Waals surface area contributed by atoms with Crippen LogP contribution in [0.3, 0.4) is 0 Å². The molecule has 0 bridgehead atoms. The van der Waals surface area contributed by atoms with Crippen molar-refractivity contribution in [3.05, 3.63) is 24.0 Å². The molecule has 3 heterocycles. The summed E-state index contributed by atoms with van der Waals surface area (Å²) in [4.78, 5) is 13.8. The van der Waals surface area contributed by atoms with E-state index in [0.29, 0.717) is 32.3 Å². The second-order valence-corrected chi connectivity index (χ2v) is 5.22. The van der Waals surface area contributed by atoms with E-state index in [1.54, 1.807) is 0 Å². The molecule has 0 spiro atoms. The molecule has 7 nitrogen and oxygen atoms in total. The van der Waals surface area contributed by atoms with Crippen LogP contribution in [-0.4, -0.2) is 41.3 Å². The van der Waals surface area contributed by atoms with Crippen LogP contribution in [-0.2, 0) is 10.9 Å². The highest BCUT2D eigenvalue weighted by Gasteiger charge is 2.35. The van der Waals surface area contributed by atoms with E-state index in [0.717, 1.165) is 12.3 Å². The Bertz CT molecular complexity index is 746. The zero-order valence-corrected chi connectivity index (χ0v) is 12.5. The van der Waals surface area contributed by atoms with Gasteiger partial charge in [0.25, 0.3) is 0 Å². The van der Waals surface area contributed by atoms with Crippen molar-refractivity contribution in [2.75, 3.05) is 42.7 Å². The van der Waals surface area contributed by atoms with Gasteiger partial charge in [0, 0.05) is 36.6 Å². The number of aromatic nitrogens is 3. The molecule has 0 saturated carbocycles. The van der Waals surface area contributed by atoms with Crippen molar-refractivity contribution in [1.82, 2.24) is 15.0 Å². The van der Waals surface area contributed by atoms with Gasteiger partial charge in [-0.15, -0.1) is 0 Å². The van der Waals surface area contributed by atoms with Gasteiger partial charge >= 0.3 is 6.18 Å². The van der Waals surface area contributed by atoms with Gasteiger partial charge in [-0.05, 0) is 6.07 Å². The Morgan fingerprint density at radius 2 is 1.71 bits per heavy atom. The number of nitrogen functional groups attached to an aromatic ring is 2. The van der Waals surface area contributed by atoms with Crippen LogP contribution in [0.5, 0.6) is 0 Å². The lowest BCUT2D eigenvalue weighted by Gasteiger charge is -2.27. The number of halogens is 3. The standard InChI is InChI=1S/C14H15F3N6O/c15-14(16,17)10-5-11(18)20-6-8(10)9-7-21-13(22-12(9)19)23-1-3-24-4-2-23/h5-7H,1-4H2,(H2,18,20)(H2,19,21,22). The number of hydrogen-bond acceptors (Lipinski definition) is 7. The highest BCUT2D eigenvalue weighted by atomic mass is 19.4. The third-order valence-corrected chi connectivity index (χ3v) is 3.62. The second kappa shape index (κ2) is 6.11. The average Bonchev–Trinajstić information content (AvgIpc) is 2.55. The van der Waals surface area contributed by atoms with Crippen molar-refractivity contribution in [1.29, 1.82) is 0 Å². The number of anilines is 3. The first kappa shape index (κ1) is 16.2. The third kappa shape index (κ3) is 3.18. The molecule has 1 aliphatic heterocycles. The average molecular weight is 340 g/mol. The topological polar surface area (TPSA) is 103 Å². The summed E-state index contributed by atoms with van der Waals surface area (Å²) in [5, 5.41) is 0. The number of alkyl halides is 3. The fourth-order valence-corrected chi connectivity index (χ4v) is 2.43. The summed E-state index contributed by atoms with van der Waals surface area (Å²) in [7, 11) is 0. The Labute approximate surface area is 135 Å². The molecule has 1 fully saturated rings. The number of ether oxygens (including phenoxy) is 1. The van der Waals surface area contributed by atoms with Crippen molar-refractivity contribution < 1.29 is 17.9 Å². The lowest BCUT2D eigenvalue weighted by molar-refractivity contribution is -0.137. The SMILES string of the molecule is Nc1cc(C(F)(F)F)c(-c2cnc(N3CCOCC3)nc2N)cn1. The third-order valence-electron chi connectivity index (χ3n) is 3.62. The van der Waals surface area contributed by atoms with E-state index < -0.39 is 11.7 Å². The van der Waals surface area contributed by atoms with E-state index in [4.69, 9.17) is 16.2 Å². The Kier molecular flexibility index (Phi) is 4.14. The minimum atomic E-state index is -4.60. The van der Waals surface area contributed by atoms with Gasteiger partial charge in [0.2, 0.25) is 5.95 Å². The smallest absolute Gasteiger partial charge is 0.384 e. The van der Waals surface area contributed by atoms with Crippen LogP contribution in [0.2, 0.25) is 0 Å². The summed E-state index contributed by atoms with van der Waals surface area (Å²) in [5.41, 5.74) is 10.2. The van der Waals surface area contributed by atoms with Gasteiger partial charge in [0.15, 0.2) is 0 Å². The molecule has 2 aromatic heterocycles. The number of morpholine rings is 1. The highest BCUT2D eigenvalue weighted by molar-refractivity contribution is 5.77. The molecule has 3 rings (SSSR count). The molecular formula is C14H15F3N6O. The van der Waals surface area contributed by atoms with Gasteiger partial charge in [-0.25, -0.2) is 9.97 Å². The van der Waals surface area contributed by atoms with Gasteiger partial charge in [0.1, 0.15) is 11.6 Å². The summed E-state index contributed by atoms with van der Waals surface area (Å²) in [6, 6.07) is 0.769. The molecule has 0 unspecified atom stereocenters. The molecular weight excluding hydrogens is 325 g/mol. The normalized spacial score (nSPS) is 15.5. The number of nitrogens with zero attached hydrogens (tertiary/aromatic N) is 4. The number of pyridine rings is 1. The Balaban J connectivity index is 2.01. The summed E-state index contributed by atoms with van der Waals surface area (Å²) in [6.07, 6.45) is -2.29. The van der Waals surface area contributed by atoms with Crippen LogP contribution in [0.25, 0.3) is 11.1 Å². The largest absolute Gasteiger partial charge is 0.417 e. The summed E-state index contributed by atoms with van der Waals surface area (Å²) in [6.45, 7) is 2.25. The van der Waals surface area contributed by atoms with E-state index in [1.165, 1.54) is 6.20 Å². The van der Waals surface area contributed by atoms with Crippen LogP contribution in [0, 0.1) is 0 Å². The van der Waals surface area contributed by atoms with Gasteiger partial charge in [0.05, 0.1) is 18.8 Å². The molecule has 1 aliphatic rings. The van der Waals surface area contributed by atoms with Gasteiger partial charge in [-0.2, -0.15) is 18.2 Å². The van der Waals surface area contributed by atoms with Gasteiger partial charge in [-0.1, -0.05) is 0 Å². The van der Waals surface area contributed by atoms with E-state index in [9.17, 15) is 13.2 Å². The Hall–Kier alpha value is -2.62. The van der Waals surface area contributed by atoms with Crippen LogP contribution in [0.1, 0.15) is 5.56 Å². The first-order chi connectivity index (χ1) is 11.4.